The Morgan fingerprint density at radius 3 is 2.48 bits per heavy atom. The highest BCUT2D eigenvalue weighted by molar-refractivity contribution is 7.12. The van der Waals surface area contributed by atoms with Crippen LogP contribution in [0.2, 0.25) is 0 Å². The Morgan fingerprint density at radius 1 is 1.24 bits per heavy atom. The molecular weight excluding hydrogens is 286 g/mol. The topological polar surface area (TPSA) is 55.4 Å². The van der Waals surface area contributed by atoms with E-state index < -0.39 is 5.97 Å². The van der Waals surface area contributed by atoms with Gasteiger partial charge < -0.3 is 10.1 Å². The summed E-state index contributed by atoms with van der Waals surface area (Å²) in [7, 11) is 0. The molecular formula is C16H23NO3S. The van der Waals surface area contributed by atoms with E-state index in [2.05, 4.69) is 5.32 Å². The van der Waals surface area contributed by atoms with Crippen LogP contribution in [0.25, 0.3) is 0 Å². The molecule has 0 spiro atoms. The van der Waals surface area contributed by atoms with Crippen molar-refractivity contribution in [3.05, 3.63) is 21.4 Å². The van der Waals surface area contributed by atoms with E-state index in [1.54, 1.807) is 11.3 Å². The lowest BCUT2D eigenvalue weighted by Gasteiger charge is -2.16. The number of hydrogen-bond donors (Lipinski definition) is 1. The summed E-state index contributed by atoms with van der Waals surface area (Å²) in [6.07, 6.45) is 6.89. The van der Waals surface area contributed by atoms with E-state index in [1.807, 2.05) is 19.9 Å². The lowest BCUT2D eigenvalue weighted by molar-refractivity contribution is -0.125. The first kappa shape index (κ1) is 16.0. The minimum Gasteiger partial charge on any atom is -0.452 e. The summed E-state index contributed by atoms with van der Waals surface area (Å²) in [5.74, 6) is -0.604. The number of thiophene rings is 1. The van der Waals surface area contributed by atoms with Gasteiger partial charge in [-0.25, -0.2) is 4.79 Å². The highest BCUT2D eigenvalue weighted by Crippen LogP contribution is 2.21. The van der Waals surface area contributed by atoms with Crippen LogP contribution in [0.15, 0.2) is 6.07 Å². The average Bonchev–Trinajstić information content (AvgIpc) is 2.65. The number of amides is 1. The van der Waals surface area contributed by atoms with Gasteiger partial charge in [-0.3, -0.25) is 4.79 Å². The van der Waals surface area contributed by atoms with E-state index in [0.29, 0.717) is 5.56 Å². The van der Waals surface area contributed by atoms with Crippen molar-refractivity contribution in [2.45, 2.75) is 58.4 Å². The molecule has 2 rings (SSSR count). The molecule has 1 aliphatic carbocycles. The van der Waals surface area contributed by atoms with Gasteiger partial charge in [0.05, 0.1) is 5.56 Å². The van der Waals surface area contributed by atoms with Gasteiger partial charge in [-0.15, -0.1) is 11.3 Å². The third-order valence-corrected chi connectivity index (χ3v) is 4.78. The molecule has 1 amide bonds. The molecule has 1 aromatic rings. The van der Waals surface area contributed by atoms with Crippen LogP contribution in [0.1, 0.15) is 58.6 Å². The summed E-state index contributed by atoms with van der Waals surface area (Å²) in [6.45, 7) is 3.65. The van der Waals surface area contributed by atoms with E-state index in [1.165, 1.54) is 12.8 Å². The van der Waals surface area contributed by atoms with Crippen LogP contribution in [-0.4, -0.2) is 24.5 Å². The van der Waals surface area contributed by atoms with Gasteiger partial charge in [0, 0.05) is 15.8 Å². The van der Waals surface area contributed by atoms with Crippen molar-refractivity contribution < 1.29 is 14.3 Å². The maximum Gasteiger partial charge on any atom is 0.339 e. The fourth-order valence-electron chi connectivity index (χ4n) is 2.74. The molecule has 0 saturated heterocycles. The van der Waals surface area contributed by atoms with Crippen LogP contribution in [0, 0.1) is 13.8 Å². The van der Waals surface area contributed by atoms with Crippen molar-refractivity contribution in [1.29, 1.82) is 0 Å². The molecule has 0 aliphatic heterocycles. The zero-order valence-electron chi connectivity index (χ0n) is 12.7. The number of rotatable bonds is 4. The average molecular weight is 309 g/mol. The summed E-state index contributed by atoms with van der Waals surface area (Å²) in [5, 5.41) is 2.97. The third kappa shape index (κ3) is 4.84. The number of esters is 1. The molecule has 1 saturated carbocycles. The molecule has 1 fully saturated rings. The van der Waals surface area contributed by atoms with Gasteiger partial charge in [0.2, 0.25) is 0 Å². The Labute approximate surface area is 129 Å². The van der Waals surface area contributed by atoms with Gasteiger partial charge in [-0.2, -0.15) is 0 Å². The second-order valence-corrected chi connectivity index (χ2v) is 7.12. The van der Waals surface area contributed by atoms with Crippen LogP contribution in [0.3, 0.4) is 0 Å². The Bertz CT molecular complexity index is 502. The van der Waals surface area contributed by atoms with E-state index >= 15 is 0 Å². The van der Waals surface area contributed by atoms with Crippen molar-refractivity contribution in [2.24, 2.45) is 0 Å². The molecule has 0 unspecified atom stereocenters. The quantitative estimate of drug-likeness (QED) is 0.685. The number of aryl methyl sites for hydroxylation is 2. The Morgan fingerprint density at radius 2 is 1.90 bits per heavy atom. The fraction of sp³-hybridized carbons (Fsp3) is 0.625. The number of nitrogens with one attached hydrogen (secondary N) is 1. The lowest BCUT2D eigenvalue weighted by atomic mass is 10.1. The van der Waals surface area contributed by atoms with Gasteiger partial charge in [0.1, 0.15) is 0 Å². The molecule has 116 valence electrons. The van der Waals surface area contributed by atoms with E-state index in [-0.39, 0.29) is 18.6 Å². The highest BCUT2D eigenvalue weighted by atomic mass is 32.1. The lowest BCUT2D eigenvalue weighted by Crippen LogP contribution is -2.37. The van der Waals surface area contributed by atoms with Crippen LogP contribution in [-0.2, 0) is 9.53 Å². The van der Waals surface area contributed by atoms with E-state index in [0.717, 1.165) is 35.4 Å². The fourth-order valence-corrected chi connectivity index (χ4v) is 3.65. The molecule has 4 nitrogen and oxygen atoms in total. The summed E-state index contributed by atoms with van der Waals surface area (Å²) in [5.41, 5.74) is 0.569. The standard InChI is InChI=1S/C16H23NO3S/c1-11-9-14(12(2)21-11)16(19)20-10-15(18)17-13-7-5-3-4-6-8-13/h9,13H,3-8,10H2,1-2H3,(H,17,18). The molecule has 0 aromatic carbocycles. The minimum absolute atomic E-state index is 0.191. The van der Waals surface area contributed by atoms with E-state index in [9.17, 15) is 9.59 Å². The summed E-state index contributed by atoms with van der Waals surface area (Å²) >= 11 is 1.56. The van der Waals surface area contributed by atoms with E-state index in [4.69, 9.17) is 4.74 Å². The molecule has 1 aliphatic rings. The Balaban J connectivity index is 1.78. The molecule has 0 radical (unpaired) electrons. The van der Waals surface area contributed by atoms with Gasteiger partial charge in [0.15, 0.2) is 6.61 Å². The van der Waals surface area contributed by atoms with Gasteiger partial charge in [0.25, 0.3) is 5.91 Å². The van der Waals surface area contributed by atoms with Crippen molar-refractivity contribution in [3.8, 4) is 0 Å². The maximum absolute atomic E-state index is 11.9. The first-order valence-electron chi connectivity index (χ1n) is 7.60. The summed E-state index contributed by atoms with van der Waals surface area (Å²) < 4.78 is 5.11. The summed E-state index contributed by atoms with van der Waals surface area (Å²) in [6, 6.07) is 2.05. The summed E-state index contributed by atoms with van der Waals surface area (Å²) in [4.78, 5) is 25.8. The number of carbonyl (C=O) groups is 2. The predicted octanol–water partition coefficient (Wildman–Crippen LogP) is 3.36. The van der Waals surface area contributed by atoms with Crippen molar-refractivity contribution in [2.75, 3.05) is 6.61 Å². The van der Waals surface area contributed by atoms with Gasteiger partial charge in [-0.05, 0) is 32.8 Å². The molecule has 0 bridgehead atoms. The number of hydrogen-bond acceptors (Lipinski definition) is 4. The zero-order valence-corrected chi connectivity index (χ0v) is 13.6. The molecule has 5 heteroatoms. The Hall–Kier alpha value is -1.36. The second kappa shape index (κ2) is 7.59. The van der Waals surface area contributed by atoms with Gasteiger partial charge >= 0.3 is 5.97 Å². The van der Waals surface area contributed by atoms with Crippen molar-refractivity contribution >= 4 is 23.2 Å². The molecule has 21 heavy (non-hydrogen) atoms. The molecule has 0 atom stereocenters. The third-order valence-electron chi connectivity index (χ3n) is 3.82. The molecule has 1 aromatic heterocycles. The predicted molar refractivity (Wildman–Crippen MR) is 83.7 cm³/mol. The van der Waals surface area contributed by atoms with Crippen molar-refractivity contribution in [1.82, 2.24) is 5.32 Å². The van der Waals surface area contributed by atoms with Crippen LogP contribution in [0.5, 0.6) is 0 Å². The van der Waals surface area contributed by atoms with Crippen LogP contribution >= 0.6 is 11.3 Å². The zero-order chi connectivity index (χ0) is 15.2. The van der Waals surface area contributed by atoms with Crippen molar-refractivity contribution in [3.63, 3.8) is 0 Å². The first-order valence-corrected chi connectivity index (χ1v) is 8.41. The molecule has 1 N–H and O–H groups in total. The largest absolute Gasteiger partial charge is 0.452 e. The first-order chi connectivity index (χ1) is 10.1. The number of ether oxygens (including phenoxy) is 1. The number of carbonyl (C=O) groups excluding carboxylic acids is 2. The monoisotopic (exact) mass is 309 g/mol. The SMILES string of the molecule is Cc1cc(C(=O)OCC(=O)NC2CCCCCC2)c(C)s1. The second-order valence-electron chi connectivity index (χ2n) is 5.66. The van der Waals surface area contributed by atoms with Crippen LogP contribution in [0.4, 0.5) is 0 Å². The Kier molecular flexibility index (Phi) is 5.79. The molecule has 1 heterocycles. The minimum atomic E-state index is -0.409. The van der Waals surface area contributed by atoms with Gasteiger partial charge in [-0.1, -0.05) is 25.7 Å². The maximum atomic E-state index is 11.9. The highest BCUT2D eigenvalue weighted by Gasteiger charge is 2.17. The van der Waals surface area contributed by atoms with Crippen LogP contribution < -0.4 is 5.32 Å². The normalized spacial score (nSPS) is 16.3. The smallest absolute Gasteiger partial charge is 0.339 e.